The second-order valence-corrected chi connectivity index (χ2v) is 4.65. The molecule has 0 radical (unpaired) electrons. The Morgan fingerprint density at radius 2 is 2.21 bits per heavy atom. The highest BCUT2D eigenvalue weighted by molar-refractivity contribution is 4.73. The molecule has 0 aromatic rings. The first-order chi connectivity index (χ1) is 6.72. The van der Waals surface area contributed by atoms with Gasteiger partial charge in [0, 0.05) is 6.54 Å². The fourth-order valence-corrected chi connectivity index (χ4v) is 2.14. The third-order valence-corrected chi connectivity index (χ3v) is 3.15. The van der Waals surface area contributed by atoms with Gasteiger partial charge in [0.1, 0.15) is 0 Å². The summed E-state index contributed by atoms with van der Waals surface area (Å²) < 4.78 is 0. The lowest BCUT2D eigenvalue weighted by molar-refractivity contribution is 0.295. The first-order valence-corrected chi connectivity index (χ1v) is 5.79. The zero-order valence-electron chi connectivity index (χ0n) is 9.71. The van der Waals surface area contributed by atoms with Crippen molar-refractivity contribution < 1.29 is 0 Å². The number of nitrogens with two attached hydrogens (primary N) is 1. The molecule has 0 aromatic heterocycles. The lowest BCUT2D eigenvalue weighted by Gasteiger charge is -2.18. The van der Waals surface area contributed by atoms with E-state index in [2.05, 4.69) is 23.9 Å². The number of hydrogen-bond donors (Lipinski definition) is 1. The van der Waals surface area contributed by atoms with Gasteiger partial charge in [0.25, 0.3) is 0 Å². The predicted molar refractivity (Wildman–Crippen MR) is 61.4 cm³/mol. The zero-order chi connectivity index (χ0) is 10.4. The highest BCUT2D eigenvalue weighted by Crippen LogP contribution is 2.17. The average molecular weight is 199 g/mol. The average Bonchev–Trinajstić information content (AvgIpc) is 2.58. The van der Waals surface area contributed by atoms with Gasteiger partial charge in [0.2, 0.25) is 0 Å². The van der Waals surface area contributed by atoms with Crippen molar-refractivity contribution in [1.82, 2.24) is 9.80 Å². The molecule has 1 saturated heterocycles. The molecule has 0 spiro atoms. The predicted octanol–water partition coefficient (Wildman–Crippen LogP) is 0.609. The molecular weight excluding hydrogens is 174 g/mol. The number of likely N-dealkylation sites (tertiary alicyclic amines) is 1. The lowest BCUT2D eigenvalue weighted by atomic mass is 10.1. The smallest absolute Gasteiger partial charge is 0.000756 e. The van der Waals surface area contributed by atoms with Crippen LogP contribution in [-0.4, -0.2) is 56.6 Å². The van der Waals surface area contributed by atoms with E-state index in [9.17, 15) is 0 Å². The van der Waals surface area contributed by atoms with Crippen molar-refractivity contribution in [1.29, 1.82) is 0 Å². The Labute approximate surface area is 88.2 Å². The second kappa shape index (κ2) is 6.38. The molecule has 1 rings (SSSR count). The van der Waals surface area contributed by atoms with Gasteiger partial charge in [-0.15, -0.1) is 0 Å². The Hall–Kier alpha value is -0.120. The molecule has 3 heteroatoms. The summed E-state index contributed by atoms with van der Waals surface area (Å²) in [5, 5.41) is 0. The molecular formula is C11H25N3. The molecule has 84 valence electrons. The van der Waals surface area contributed by atoms with Gasteiger partial charge in [-0.2, -0.15) is 0 Å². The van der Waals surface area contributed by atoms with E-state index in [0.717, 1.165) is 25.4 Å². The van der Waals surface area contributed by atoms with Crippen LogP contribution in [0.2, 0.25) is 0 Å². The SMILES string of the molecule is CN(CCCN)CCC1CCN(C)C1. The van der Waals surface area contributed by atoms with Crippen molar-refractivity contribution in [3.05, 3.63) is 0 Å². The minimum atomic E-state index is 0.816. The van der Waals surface area contributed by atoms with Crippen molar-refractivity contribution in [3.8, 4) is 0 Å². The van der Waals surface area contributed by atoms with Gasteiger partial charge in [0.05, 0.1) is 0 Å². The summed E-state index contributed by atoms with van der Waals surface area (Å²) in [6.45, 7) is 5.79. The highest BCUT2D eigenvalue weighted by atomic mass is 15.1. The van der Waals surface area contributed by atoms with Gasteiger partial charge in [0.15, 0.2) is 0 Å². The fourth-order valence-electron chi connectivity index (χ4n) is 2.14. The minimum Gasteiger partial charge on any atom is -0.330 e. The molecule has 0 bridgehead atoms. The van der Waals surface area contributed by atoms with Crippen LogP contribution in [0.4, 0.5) is 0 Å². The van der Waals surface area contributed by atoms with Crippen molar-refractivity contribution in [2.45, 2.75) is 19.3 Å². The van der Waals surface area contributed by atoms with Crippen molar-refractivity contribution >= 4 is 0 Å². The summed E-state index contributed by atoms with van der Waals surface area (Å²) in [5.74, 6) is 0.931. The first-order valence-electron chi connectivity index (χ1n) is 5.79. The molecule has 0 aliphatic carbocycles. The fraction of sp³-hybridized carbons (Fsp3) is 1.00. The van der Waals surface area contributed by atoms with E-state index in [1.165, 1.54) is 32.5 Å². The van der Waals surface area contributed by atoms with Gasteiger partial charge < -0.3 is 15.5 Å². The molecule has 0 amide bonds. The molecule has 14 heavy (non-hydrogen) atoms. The van der Waals surface area contributed by atoms with Crippen LogP contribution in [0.5, 0.6) is 0 Å². The summed E-state index contributed by atoms with van der Waals surface area (Å²) in [4.78, 5) is 4.84. The normalized spacial score (nSPS) is 23.6. The standard InChI is InChI=1S/C11H25N3/c1-13(7-3-6-12)8-4-11-5-9-14(2)10-11/h11H,3-10,12H2,1-2H3. The maximum atomic E-state index is 5.48. The van der Waals surface area contributed by atoms with Crippen LogP contribution in [0.3, 0.4) is 0 Å². The molecule has 0 saturated carbocycles. The third-order valence-electron chi connectivity index (χ3n) is 3.15. The molecule has 0 aromatic carbocycles. The van der Waals surface area contributed by atoms with Gasteiger partial charge in [-0.1, -0.05) is 0 Å². The minimum absolute atomic E-state index is 0.816. The Bertz CT molecular complexity index is 149. The monoisotopic (exact) mass is 199 g/mol. The molecule has 1 heterocycles. The molecule has 2 N–H and O–H groups in total. The van der Waals surface area contributed by atoms with Crippen LogP contribution in [0.1, 0.15) is 19.3 Å². The topological polar surface area (TPSA) is 32.5 Å². The van der Waals surface area contributed by atoms with E-state index in [-0.39, 0.29) is 0 Å². The summed E-state index contributed by atoms with van der Waals surface area (Å²) in [7, 11) is 4.42. The van der Waals surface area contributed by atoms with Gasteiger partial charge >= 0.3 is 0 Å². The van der Waals surface area contributed by atoms with Crippen molar-refractivity contribution in [3.63, 3.8) is 0 Å². The Kier molecular flexibility index (Phi) is 5.45. The van der Waals surface area contributed by atoms with Gasteiger partial charge in [-0.25, -0.2) is 0 Å². The van der Waals surface area contributed by atoms with Gasteiger partial charge in [-0.05, 0) is 65.5 Å². The van der Waals surface area contributed by atoms with Gasteiger partial charge in [-0.3, -0.25) is 0 Å². The van der Waals surface area contributed by atoms with Crippen LogP contribution in [0.25, 0.3) is 0 Å². The zero-order valence-corrected chi connectivity index (χ0v) is 9.71. The third kappa shape index (κ3) is 4.40. The Morgan fingerprint density at radius 1 is 1.43 bits per heavy atom. The number of hydrogen-bond acceptors (Lipinski definition) is 3. The number of rotatable bonds is 6. The van der Waals surface area contributed by atoms with Crippen LogP contribution in [-0.2, 0) is 0 Å². The van der Waals surface area contributed by atoms with E-state index in [1.807, 2.05) is 0 Å². The first kappa shape index (κ1) is 12.0. The second-order valence-electron chi connectivity index (χ2n) is 4.65. The highest BCUT2D eigenvalue weighted by Gasteiger charge is 2.19. The molecule has 3 nitrogen and oxygen atoms in total. The largest absolute Gasteiger partial charge is 0.330 e. The summed E-state index contributed by atoms with van der Waals surface area (Å²) in [6.07, 6.45) is 3.87. The summed E-state index contributed by atoms with van der Waals surface area (Å²) in [5.41, 5.74) is 5.48. The molecule has 1 atom stereocenters. The van der Waals surface area contributed by atoms with E-state index < -0.39 is 0 Å². The van der Waals surface area contributed by atoms with E-state index >= 15 is 0 Å². The summed E-state index contributed by atoms with van der Waals surface area (Å²) >= 11 is 0. The van der Waals surface area contributed by atoms with Crippen LogP contribution < -0.4 is 5.73 Å². The number of nitrogens with zero attached hydrogens (tertiary/aromatic N) is 2. The summed E-state index contributed by atoms with van der Waals surface area (Å²) in [6, 6.07) is 0. The van der Waals surface area contributed by atoms with Crippen molar-refractivity contribution in [2.24, 2.45) is 11.7 Å². The Balaban J connectivity index is 2.02. The van der Waals surface area contributed by atoms with E-state index in [0.29, 0.717) is 0 Å². The maximum Gasteiger partial charge on any atom is 0.000756 e. The van der Waals surface area contributed by atoms with E-state index in [4.69, 9.17) is 5.73 Å². The molecule has 1 unspecified atom stereocenters. The quantitative estimate of drug-likeness (QED) is 0.680. The molecule has 1 aliphatic rings. The van der Waals surface area contributed by atoms with Crippen LogP contribution in [0.15, 0.2) is 0 Å². The maximum absolute atomic E-state index is 5.48. The Morgan fingerprint density at radius 3 is 2.79 bits per heavy atom. The van der Waals surface area contributed by atoms with E-state index in [1.54, 1.807) is 0 Å². The van der Waals surface area contributed by atoms with Crippen LogP contribution in [0, 0.1) is 5.92 Å². The molecule has 1 fully saturated rings. The van der Waals surface area contributed by atoms with Crippen molar-refractivity contribution in [2.75, 3.05) is 46.8 Å². The molecule has 1 aliphatic heterocycles. The van der Waals surface area contributed by atoms with Crippen LogP contribution >= 0.6 is 0 Å². The lowest BCUT2D eigenvalue weighted by Crippen LogP contribution is -2.25.